The maximum Gasteiger partial charge on any atom is 0.344 e. The van der Waals surface area contributed by atoms with E-state index in [1.54, 1.807) is 4.57 Å². The maximum absolute atomic E-state index is 12.5. The molecule has 0 aliphatic carbocycles. The zero-order valence-corrected chi connectivity index (χ0v) is 15.3. The number of hydrogen-bond acceptors (Lipinski definition) is 4. The van der Waals surface area contributed by atoms with Crippen LogP contribution in [0.4, 0.5) is 0 Å². The van der Waals surface area contributed by atoms with E-state index in [1.807, 2.05) is 61.9 Å². The summed E-state index contributed by atoms with van der Waals surface area (Å²) in [5.41, 5.74) is 3.46. The van der Waals surface area contributed by atoms with Crippen molar-refractivity contribution in [3.63, 3.8) is 0 Å². The molecule has 3 aromatic rings. The largest absolute Gasteiger partial charge is 0.351 e. The van der Waals surface area contributed by atoms with E-state index in [0.717, 1.165) is 22.5 Å². The topological polar surface area (TPSA) is 72.7 Å². The summed E-state index contributed by atoms with van der Waals surface area (Å²) in [6, 6.07) is 11.6. The Morgan fingerprint density at radius 2 is 1.96 bits per heavy atom. The fourth-order valence-corrected chi connectivity index (χ4v) is 3.49. The fraction of sp³-hybridized carbons (Fsp3) is 0.278. The first-order valence-corrected chi connectivity index (χ1v) is 8.94. The van der Waals surface area contributed by atoms with Crippen molar-refractivity contribution < 1.29 is 4.79 Å². The van der Waals surface area contributed by atoms with E-state index in [4.69, 9.17) is 0 Å². The number of hydrogen-bond donors (Lipinski definition) is 1. The summed E-state index contributed by atoms with van der Waals surface area (Å²) in [6.07, 6.45) is 0. The van der Waals surface area contributed by atoms with Gasteiger partial charge in [-0.2, -0.15) is 0 Å². The van der Waals surface area contributed by atoms with Crippen LogP contribution in [0.3, 0.4) is 0 Å². The van der Waals surface area contributed by atoms with Crippen molar-refractivity contribution in [3.05, 3.63) is 69.4 Å². The molecule has 0 aliphatic rings. The van der Waals surface area contributed by atoms with Crippen molar-refractivity contribution in [2.75, 3.05) is 5.75 Å². The predicted octanol–water partition coefficient (Wildman–Crippen LogP) is 2.55. The summed E-state index contributed by atoms with van der Waals surface area (Å²) in [5, 5.41) is 7.04. The number of nitrogens with one attached hydrogen (secondary N) is 1. The van der Waals surface area contributed by atoms with Gasteiger partial charge in [-0.3, -0.25) is 9.36 Å². The number of carbonyl (C=O) groups excluding carboxylic acids is 1. The highest BCUT2D eigenvalue weighted by molar-refractivity contribution is 7.99. The fourth-order valence-electron chi connectivity index (χ4n) is 2.66. The molecule has 0 atom stereocenters. The van der Waals surface area contributed by atoms with Crippen molar-refractivity contribution >= 4 is 17.5 Å². The Bertz CT molecular complexity index is 953. The molecule has 1 aromatic carbocycles. The minimum atomic E-state index is -0.273. The SMILES string of the molecule is Cc1cc(C(=O)CSc2n[nH]c(=O)n2Cc2ccccc2)c(C)n1C. The van der Waals surface area contributed by atoms with Crippen molar-refractivity contribution in [3.8, 4) is 0 Å². The first kappa shape index (κ1) is 17.3. The molecule has 7 heteroatoms. The smallest absolute Gasteiger partial charge is 0.344 e. The molecule has 0 saturated heterocycles. The van der Waals surface area contributed by atoms with Gasteiger partial charge in [0.15, 0.2) is 10.9 Å². The Morgan fingerprint density at radius 3 is 2.60 bits per heavy atom. The van der Waals surface area contributed by atoms with Gasteiger partial charge in [0.1, 0.15) is 0 Å². The third-order valence-electron chi connectivity index (χ3n) is 4.31. The quantitative estimate of drug-likeness (QED) is 0.544. The molecule has 0 amide bonds. The van der Waals surface area contributed by atoms with Gasteiger partial charge in [-0.05, 0) is 25.5 Å². The highest BCUT2D eigenvalue weighted by atomic mass is 32.2. The number of thioether (sulfide) groups is 1. The molecule has 0 aliphatic heterocycles. The lowest BCUT2D eigenvalue weighted by molar-refractivity contribution is 0.102. The number of Topliss-reactive ketones (excluding diaryl/α,β-unsaturated/α-hetero) is 1. The molecular formula is C18H20N4O2S. The molecular weight excluding hydrogens is 336 g/mol. The molecule has 130 valence electrons. The molecule has 6 nitrogen and oxygen atoms in total. The summed E-state index contributed by atoms with van der Waals surface area (Å²) < 4.78 is 3.55. The van der Waals surface area contributed by atoms with Gasteiger partial charge in [-0.15, -0.1) is 5.10 Å². The van der Waals surface area contributed by atoms with Gasteiger partial charge in [0, 0.05) is 24.0 Å². The van der Waals surface area contributed by atoms with Crippen LogP contribution in [-0.4, -0.2) is 30.9 Å². The molecule has 25 heavy (non-hydrogen) atoms. The van der Waals surface area contributed by atoms with E-state index in [-0.39, 0.29) is 17.2 Å². The second-order valence-corrected chi connectivity index (χ2v) is 6.88. The zero-order chi connectivity index (χ0) is 18.0. The van der Waals surface area contributed by atoms with Gasteiger partial charge in [-0.25, -0.2) is 9.89 Å². The standard InChI is InChI=1S/C18H20N4O2S/c1-12-9-15(13(2)21(12)3)16(23)11-25-18-20-19-17(24)22(18)10-14-7-5-4-6-8-14/h4-9H,10-11H2,1-3H3,(H,19,24). The first-order chi connectivity index (χ1) is 12.0. The Morgan fingerprint density at radius 1 is 1.24 bits per heavy atom. The van der Waals surface area contributed by atoms with Gasteiger partial charge >= 0.3 is 5.69 Å². The molecule has 0 fully saturated rings. The summed E-state index contributed by atoms with van der Waals surface area (Å²) in [5.74, 6) is 0.275. The molecule has 0 bridgehead atoms. The summed E-state index contributed by atoms with van der Waals surface area (Å²) in [6.45, 7) is 4.34. The van der Waals surface area contributed by atoms with E-state index in [1.165, 1.54) is 11.8 Å². The Labute approximate surface area is 149 Å². The molecule has 0 radical (unpaired) electrons. The average Bonchev–Trinajstić information content (AvgIpc) is 3.09. The minimum absolute atomic E-state index is 0.0351. The second-order valence-electron chi connectivity index (χ2n) is 5.94. The number of nitrogens with zero attached hydrogens (tertiary/aromatic N) is 3. The summed E-state index contributed by atoms with van der Waals surface area (Å²) in [4.78, 5) is 24.5. The molecule has 2 heterocycles. The predicted molar refractivity (Wildman–Crippen MR) is 98.3 cm³/mol. The van der Waals surface area contributed by atoms with Gasteiger partial charge < -0.3 is 4.57 Å². The van der Waals surface area contributed by atoms with Crippen LogP contribution < -0.4 is 5.69 Å². The molecule has 0 spiro atoms. The minimum Gasteiger partial charge on any atom is -0.351 e. The normalized spacial score (nSPS) is 11.0. The lowest BCUT2D eigenvalue weighted by atomic mass is 10.2. The Balaban J connectivity index is 1.74. The second kappa shape index (κ2) is 7.14. The van der Waals surface area contributed by atoms with Crippen LogP contribution in [0, 0.1) is 13.8 Å². The van der Waals surface area contributed by atoms with E-state index >= 15 is 0 Å². The molecule has 0 saturated carbocycles. The van der Waals surface area contributed by atoms with Crippen LogP contribution in [0.5, 0.6) is 0 Å². The van der Waals surface area contributed by atoms with Crippen molar-refractivity contribution in [1.29, 1.82) is 0 Å². The van der Waals surface area contributed by atoms with Crippen LogP contribution in [0.25, 0.3) is 0 Å². The number of rotatable bonds is 6. The molecule has 0 unspecified atom stereocenters. The van der Waals surface area contributed by atoms with Crippen LogP contribution >= 0.6 is 11.8 Å². The average molecular weight is 356 g/mol. The van der Waals surface area contributed by atoms with Gasteiger partial charge in [-0.1, -0.05) is 42.1 Å². The van der Waals surface area contributed by atoms with Gasteiger partial charge in [0.05, 0.1) is 12.3 Å². The van der Waals surface area contributed by atoms with Gasteiger partial charge in [0.2, 0.25) is 0 Å². The summed E-state index contributed by atoms with van der Waals surface area (Å²) in [7, 11) is 1.94. The van der Waals surface area contributed by atoms with E-state index < -0.39 is 0 Å². The number of carbonyl (C=O) groups is 1. The van der Waals surface area contributed by atoms with E-state index in [9.17, 15) is 9.59 Å². The van der Waals surface area contributed by atoms with Crippen LogP contribution in [0.1, 0.15) is 27.3 Å². The molecule has 3 rings (SSSR count). The number of H-pyrrole nitrogens is 1. The van der Waals surface area contributed by atoms with Crippen LogP contribution in [-0.2, 0) is 13.6 Å². The van der Waals surface area contributed by atoms with Gasteiger partial charge in [0.25, 0.3) is 0 Å². The first-order valence-electron chi connectivity index (χ1n) is 7.95. The number of aromatic nitrogens is 4. The van der Waals surface area contributed by atoms with E-state index in [0.29, 0.717) is 11.7 Å². The lowest BCUT2D eigenvalue weighted by Crippen LogP contribution is -2.18. The highest BCUT2D eigenvalue weighted by Crippen LogP contribution is 2.20. The monoisotopic (exact) mass is 356 g/mol. The van der Waals surface area contributed by atoms with Crippen molar-refractivity contribution in [2.24, 2.45) is 7.05 Å². The molecule has 1 N–H and O–H groups in total. The van der Waals surface area contributed by atoms with Crippen LogP contribution in [0.2, 0.25) is 0 Å². The van der Waals surface area contributed by atoms with E-state index in [2.05, 4.69) is 10.2 Å². The number of aryl methyl sites for hydroxylation is 1. The van der Waals surface area contributed by atoms with Crippen LogP contribution in [0.15, 0.2) is 46.3 Å². The summed E-state index contributed by atoms with van der Waals surface area (Å²) >= 11 is 1.28. The Hall–Kier alpha value is -2.54. The third kappa shape index (κ3) is 3.61. The van der Waals surface area contributed by atoms with Crippen molar-refractivity contribution in [1.82, 2.24) is 19.3 Å². The highest BCUT2D eigenvalue weighted by Gasteiger charge is 2.16. The van der Waals surface area contributed by atoms with Crippen molar-refractivity contribution in [2.45, 2.75) is 25.5 Å². The Kier molecular flexibility index (Phi) is 4.94. The number of aromatic amines is 1. The number of ketones is 1. The third-order valence-corrected chi connectivity index (χ3v) is 5.29. The maximum atomic E-state index is 12.5. The zero-order valence-electron chi connectivity index (χ0n) is 14.4. The lowest BCUT2D eigenvalue weighted by Gasteiger charge is -2.06. The number of benzene rings is 1. The molecule has 2 aromatic heterocycles.